The summed E-state index contributed by atoms with van der Waals surface area (Å²) in [5.41, 5.74) is 0.332. The lowest BCUT2D eigenvalue weighted by atomic mass is 10.0. The van der Waals surface area contributed by atoms with Gasteiger partial charge in [0, 0.05) is 18.7 Å². The summed E-state index contributed by atoms with van der Waals surface area (Å²) in [5, 5.41) is 13.4. The molecule has 0 saturated carbocycles. The molecule has 1 fully saturated rings. The summed E-state index contributed by atoms with van der Waals surface area (Å²) in [6.45, 7) is 4.73. The van der Waals surface area contributed by atoms with Crippen LogP contribution in [-0.4, -0.2) is 75.4 Å². The van der Waals surface area contributed by atoms with E-state index in [1.54, 1.807) is 6.07 Å². The number of anilines is 1. The van der Waals surface area contributed by atoms with Gasteiger partial charge in [0.25, 0.3) is 0 Å². The Balaban J connectivity index is 1.48. The maximum atomic E-state index is 15.1. The summed E-state index contributed by atoms with van der Waals surface area (Å²) in [5.74, 6) is -0.705. The molecule has 2 aliphatic heterocycles. The second-order valence-electron chi connectivity index (χ2n) is 9.61. The number of aliphatic hydroxyl groups is 1. The molecule has 1 saturated heterocycles. The summed E-state index contributed by atoms with van der Waals surface area (Å²) < 4.78 is 62.1. The van der Waals surface area contributed by atoms with Crippen LogP contribution in [0.25, 0.3) is 22.3 Å². The highest BCUT2D eigenvalue weighted by atomic mass is 32.2. The van der Waals surface area contributed by atoms with Gasteiger partial charge >= 0.3 is 0 Å². The van der Waals surface area contributed by atoms with Crippen LogP contribution in [-0.2, 0) is 26.9 Å². The maximum absolute atomic E-state index is 15.1. The van der Waals surface area contributed by atoms with E-state index in [9.17, 15) is 17.9 Å². The number of hydrogen-bond acceptors (Lipinski definition) is 8. The van der Waals surface area contributed by atoms with Crippen molar-refractivity contribution in [2.45, 2.75) is 44.6 Å². The normalized spacial score (nSPS) is 22.8. The molecule has 10 nitrogen and oxygen atoms in total. The second-order valence-corrected chi connectivity index (χ2v) is 11.6. The molecule has 0 unspecified atom stereocenters. The van der Waals surface area contributed by atoms with E-state index in [4.69, 9.17) is 4.74 Å². The molecule has 0 spiro atoms. The van der Waals surface area contributed by atoms with E-state index in [-0.39, 0.29) is 42.4 Å². The van der Waals surface area contributed by atoms with Gasteiger partial charge < -0.3 is 19.7 Å². The van der Waals surface area contributed by atoms with Gasteiger partial charge in [-0.05, 0) is 32.4 Å². The molecule has 188 valence electrons. The first-order valence-corrected chi connectivity index (χ1v) is 13.0. The SMILES string of the molecule is CC1(C)COCc2nc3c(F)cc(-c4nc(N[C@@H]5CCN(S(C)(=O)=O)C[C@H]5O)ncc4F)cc3n21. The predicted molar refractivity (Wildman–Crippen MR) is 124 cm³/mol. The van der Waals surface area contributed by atoms with Crippen molar-refractivity contribution in [3.8, 4) is 11.3 Å². The number of imidazole rings is 1. The Morgan fingerprint density at radius 1 is 1.23 bits per heavy atom. The summed E-state index contributed by atoms with van der Waals surface area (Å²) in [4.78, 5) is 12.6. The Kier molecular flexibility index (Phi) is 5.78. The van der Waals surface area contributed by atoms with Gasteiger partial charge in [-0.3, -0.25) is 0 Å². The quantitative estimate of drug-likeness (QED) is 0.548. The van der Waals surface area contributed by atoms with E-state index in [1.807, 2.05) is 18.4 Å². The fraction of sp³-hybridized carbons (Fsp3) is 0.500. The van der Waals surface area contributed by atoms with Gasteiger partial charge in [-0.25, -0.2) is 32.2 Å². The third kappa shape index (κ3) is 4.37. The van der Waals surface area contributed by atoms with E-state index in [0.717, 1.165) is 12.5 Å². The zero-order chi connectivity index (χ0) is 25.1. The summed E-state index contributed by atoms with van der Waals surface area (Å²) >= 11 is 0. The van der Waals surface area contributed by atoms with Crippen LogP contribution in [0, 0.1) is 11.6 Å². The largest absolute Gasteiger partial charge is 0.390 e. The van der Waals surface area contributed by atoms with Crippen molar-refractivity contribution in [3.63, 3.8) is 0 Å². The van der Waals surface area contributed by atoms with Crippen molar-refractivity contribution < 1.29 is 27.0 Å². The number of fused-ring (bicyclic) bond motifs is 3. The van der Waals surface area contributed by atoms with Gasteiger partial charge in [0.15, 0.2) is 11.6 Å². The van der Waals surface area contributed by atoms with Crippen molar-refractivity contribution >= 4 is 27.0 Å². The number of aromatic nitrogens is 4. The molecular formula is C22H26F2N6O4S. The lowest BCUT2D eigenvalue weighted by Crippen LogP contribution is -2.51. The van der Waals surface area contributed by atoms with Crippen molar-refractivity contribution in [1.82, 2.24) is 23.8 Å². The molecule has 13 heteroatoms. The Morgan fingerprint density at radius 3 is 2.71 bits per heavy atom. The van der Waals surface area contributed by atoms with Gasteiger partial charge in [-0.2, -0.15) is 4.31 Å². The van der Waals surface area contributed by atoms with Crippen molar-refractivity contribution in [1.29, 1.82) is 0 Å². The number of piperidine rings is 1. The first-order valence-electron chi connectivity index (χ1n) is 11.2. The zero-order valence-electron chi connectivity index (χ0n) is 19.5. The molecule has 3 aromatic rings. The minimum atomic E-state index is -3.42. The molecule has 2 N–H and O–H groups in total. The molecule has 2 aliphatic rings. The summed E-state index contributed by atoms with van der Waals surface area (Å²) in [6.07, 6.45) is 1.37. The summed E-state index contributed by atoms with van der Waals surface area (Å²) in [6, 6.07) is 2.30. The molecule has 2 atom stereocenters. The van der Waals surface area contributed by atoms with E-state index in [0.29, 0.717) is 24.4 Å². The van der Waals surface area contributed by atoms with Crippen LogP contribution in [0.1, 0.15) is 26.1 Å². The standard InChI is InChI=1S/C22H26F2N6O4S/c1-22(2)11-34-10-18-27-20-13(23)6-12(7-16(20)30(18)22)19-14(24)8-25-21(28-19)26-15-4-5-29(9-17(15)31)35(3,32)33/h6-8,15,17,31H,4-5,9-11H2,1-3H3,(H,25,26,28)/t15-,17-/m1/s1. The Bertz CT molecular complexity index is 1410. The number of β-amino-alcohol motifs (C(OH)–C–C–N with tert-alkyl or cyclic N) is 1. The minimum absolute atomic E-state index is 0.0443. The monoisotopic (exact) mass is 508 g/mol. The van der Waals surface area contributed by atoms with Crippen molar-refractivity contribution in [2.75, 3.05) is 31.3 Å². The lowest BCUT2D eigenvalue weighted by molar-refractivity contribution is 0.0205. The van der Waals surface area contributed by atoms with Gasteiger partial charge in [-0.15, -0.1) is 0 Å². The highest BCUT2D eigenvalue weighted by molar-refractivity contribution is 7.88. The van der Waals surface area contributed by atoms with Crippen LogP contribution in [0.5, 0.6) is 0 Å². The van der Waals surface area contributed by atoms with E-state index < -0.39 is 39.3 Å². The molecule has 1 aromatic carbocycles. The first kappa shape index (κ1) is 24.0. The number of hydrogen-bond donors (Lipinski definition) is 2. The molecular weight excluding hydrogens is 482 g/mol. The predicted octanol–water partition coefficient (Wildman–Crippen LogP) is 1.84. The van der Waals surface area contributed by atoms with Crippen LogP contribution in [0.15, 0.2) is 18.3 Å². The van der Waals surface area contributed by atoms with Crippen LogP contribution in [0.3, 0.4) is 0 Å². The topological polar surface area (TPSA) is 122 Å². The average Bonchev–Trinajstić information content (AvgIpc) is 3.16. The molecule has 0 aliphatic carbocycles. The number of nitrogens with zero attached hydrogens (tertiary/aromatic N) is 5. The summed E-state index contributed by atoms with van der Waals surface area (Å²) in [7, 11) is -3.42. The van der Waals surface area contributed by atoms with Gasteiger partial charge in [0.1, 0.15) is 23.6 Å². The lowest BCUT2D eigenvalue weighted by Gasteiger charge is -2.34. The Morgan fingerprint density at radius 2 is 2.00 bits per heavy atom. The van der Waals surface area contributed by atoms with E-state index in [1.165, 1.54) is 10.4 Å². The van der Waals surface area contributed by atoms with Gasteiger partial charge in [-0.1, -0.05) is 0 Å². The fourth-order valence-corrected chi connectivity index (χ4v) is 5.59. The molecule has 4 heterocycles. The molecule has 0 radical (unpaired) electrons. The van der Waals surface area contributed by atoms with Crippen molar-refractivity contribution in [3.05, 3.63) is 35.8 Å². The van der Waals surface area contributed by atoms with Crippen LogP contribution in [0.4, 0.5) is 14.7 Å². The molecule has 5 rings (SSSR count). The number of aliphatic hydroxyl groups excluding tert-OH is 1. The fourth-order valence-electron chi connectivity index (χ4n) is 4.73. The van der Waals surface area contributed by atoms with E-state index in [2.05, 4.69) is 20.3 Å². The smallest absolute Gasteiger partial charge is 0.223 e. The number of benzene rings is 1. The third-order valence-electron chi connectivity index (χ3n) is 6.42. The zero-order valence-corrected chi connectivity index (χ0v) is 20.3. The third-order valence-corrected chi connectivity index (χ3v) is 7.69. The molecule has 0 amide bonds. The number of rotatable bonds is 4. The first-order chi connectivity index (χ1) is 16.4. The maximum Gasteiger partial charge on any atom is 0.223 e. The average molecular weight is 509 g/mol. The minimum Gasteiger partial charge on any atom is -0.390 e. The molecule has 35 heavy (non-hydrogen) atoms. The highest BCUT2D eigenvalue weighted by Crippen LogP contribution is 2.34. The number of nitrogens with one attached hydrogen (secondary N) is 1. The van der Waals surface area contributed by atoms with Crippen molar-refractivity contribution in [2.24, 2.45) is 0 Å². The van der Waals surface area contributed by atoms with Gasteiger partial charge in [0.2, 0.25) is 16.0 Å². The Labute approximate surface area is 201 Å². The van der Waals surface area contributed by atoms with Crippen LogP contribution >= 0.6 is 0 Å². The van der Waals surface area contributed by atoms with Crippen LogP contribution in [0.2, 0.25) is 0 Å². The Hall–Kier alpha value is -2.74. The molecule has 2 aromatic heterocycles. The second kappa shape index (κ2) is 8.43. The van der Waals surface area contributed by atoms with Gasteiger partial charge in [0.05, 0.1) is 42.3 Å². The number of halogens is 2. The van der Waals surface area contributed by atoms with Crippen LogP contribution < -0.4 is 5.32 Å². The highest BCUT2D eigenvalue weighted by Gasteiger charge is 2.33. The van der Waals surface area contributed by atoms with E-state index >= 15 is 4.39 Å². The molecule has 0 bridgehead atoms. The number of sulfonamides is 1. The number of ether oxygens (including phenoxy) is 1.